The summed E-state index contributed by atoms with van der Waals surface area (Å²) in [6.45, 7) is 0.414. The summed E-state index contributed by atoms with van der Waals surface area (Å²) in [5.74, 6) is 0.210. The maximum Gasteiger partial charge on any atom is 0.131 e. The van der Waals surface area contributed by atoms with Gasteiger partial charge in [-0.1, -0.05) is 18.2 Å². The van der Waals surface area contributed by atoms with Gasteiger partial charge < -0.3 is 15.4 Å². The second-order valence-electron chi connectivity index (χ2n) is 4.78. The molecule has 0 aliphatic carbocycles. The Labute approximate surface area is 123 Å². The number of hydrogen-bond donors (Lipinski definition) is 2. The highest BCUT2D eigenvalue weighted by atomic mass is 19.1. The Morgan fingerprint density at radius 3 is 2.67 bits per heavy atom. The minimum atomic E-state index is -0.302. The van der Waals surface area contributed by atoms with Gasteiger partial charge in [-0.2, -0.15) is 0 Å². The highest BCUT2D eigenvalue weighted by Gasteiger charge is 2.09. The minimum Gasteiger partial charge on any atom is -0.497 e. The largest absolute Gasteiger partial charge is 0.497 e. The van der Waals surface area contributed by atoms with Crippen LogP contribution in [0.15, 0.2) is 42.5 Å². The fraction of sp³-hybridized carbons (Fsp3) is 0.188. The molecule has 0 aliphatic rings. The molecule has 0 aromatic heterocycles. The van der Waals surface area contributed by atoms with E-state index < -0.39 is 0 Å². The number of nitrogen functional groups attached to an aromatic ring is 1. The maximum absolute atomic E-state index is 14.0. The Balaban J connectivity index is 2.19. The summed E-state index contributed by atoms with van der Waals surface area (Å²) in [6, 6.07) is 12.1. The molecule has 0 radical (unpaired) electrons. The second-order valence-corrected chi connectivity index (χ2v) is 4.78. The zero-order chi connectivity index (χ0) is 15.4. The van der Waals surface area contributed by atoms with Crippen LogP contribution < -0.4 is 15.4 Å². The lowest BCUT2D eigenvalue weighted by Gasteiger charge is -2.20. The summed E-state index contributed by atoms with van der Waals surface area (Å²) < 4.78 is 19.0. The summed E-state index contributed by atoms with van der Waals surface area (Å²) in [4.78, 5) is 1.90. The molecule has 0 fully saturated rings. The average Bonchev–Trinajstić information content (AvgIpc) is 2.49. The van der Waals surface area contributed by atoms with Crippen molar-refractivity contribution in [1.29, 1.82) is 5.41 Å². The van der Waals surface area contributed by atoms with Crippen molar-refractivity contribution in [3.05, 3.63) is 59.4 Å². The normalized spacial score (nSPS) is 10.2. The first-order valence-corrected chi connectivity index (χ1v) is 6.49. The van der Waals surface area contributed by atoms with E-state index in [0.717, 1.165) is 5.69 Å². The van der Waals surface area contributed by atoms with Crippen LogP contribution in [0, 0.1) is 11.2 Å². The van der Waals surface area contributed by atoms with Crippen LogP contribution >= 0.6 is 0 Å². The van der Waals surface area contributed by atoms with Crippen molar-refractivity contribution >= 4 is 11.5 Å². The minimum absolute atomic E-state index is 0.0147. The lowest BCUT2D eigenvalue weighted by atomic mass is 10.1. The molecule has 4 nitrogen and oxygen atoms in total. The first-order chi connectivity index (χ1) is 10.0. The fourth-order valence-electron chi connectivity index (χ4n) is 2.04. The van der Waals surface area contributed by atoms with Gasteiger partial charge in [-0.25, -0.2) is 4.39 Å². The Kier molecular flexibility index (Phi) is 4.42. The van der Waals surface area contributed by atoms with E-state index in [4.69, 9.17) is 15.9 Å². The number of nitrogens with two attached hydrogens (primary N) is 1. The standard InChI is InChI=1S/C16H18FN3O/c1-20(13-5-3-4-11(8-13)16(18)19)10-12-6-7-14(21-2)9-15(12)17/h3-9H,10H2,1-2H3,(H3,18,19). The molecule has 5 heteroatoms. The summed E-state index contributed by atoms with van der Waals surface area (Å²) in [5, 5.41) is 7.46. The lowest BCUT2D eigenvalue weighted by molar-refractivity contribution is 0.410. The average molecular weight is 287 g/mol. The van der Waals surface area contributed by atoms with Crippen LogP contribution in [0.2, 0.25) is 0 Å². The number of rotatable bonds is 5. The molecule has 3 N–H and O–H groups in total. The number of nitrogens with one attached hydrogen (secondary N) is 1. The molecule has 0 saturated carbocycles. The Morgan fingerprint density at radius 2 is 2.05 bits per heavy atom. The second kappa shape index (κ2) is 6.26. The molecular weight excluding hydrogens is 269 g/mol. The van der Waals surface area contributed by atoms with E-state index in [1.54, 1.807) is 18.2 Å². The molecule has 2 aromatic carbocycles. The molecule has 0 aliphatic heterocycles. The van der Waals surface area contributed by atoms with Gasteiger partial charge in [0.05, 0.1) is 7.11 Å². The molecule has 0 bridgehead atoms. The van der Waals surface area contributed by atoms with Crippen molar-refractivity contribution < 1.29 is 9.13 Å². The number of amidine groups is 1. The van der Waals surface area contributed by atoms with Crippen molar-refractivity contribution in [2.24, 2.45) is 5.73 Å². The smallest absolute Gasteiger partial charge is 0.131 e. The highest BCUT2D eigenvalue weighted by Crippen LogP contribution is 2.21. The van der Waals surface area contributed by atoms with E-state index in [-0.39, 0.29) is 11.7 Å². The van der Waals surface area contributed by atoms with Gasteiger partial charge in [0.1, 0.15) is 17.4 Å². The van der Waals surface area contributed by atoms with Crippen molar-refractivity contribution in [3.63, 3.8) is 0 Å². The molecule has 2 aromatic rings. The number of anilines is 1. The topological polar surface area (TPSA) is 62.3 Å². The molecule has 110 valence electrons. The molecular formula is C16H18FN3O. The number of ether oxygens (including phenoxy) is 1. The molecule has 0 atom stereocenters. The van der Waals surface area contributed by atoms with E-state index in [2.05, 4.69) is 0 Å². The molecule has 0 saturated heterocycles. The van der Waals surface area contributed by atoms with Crippen LogP contribution in [-0.4, -0.2) is 20.0 Å². The lowest BCUT2D eigenvalue weighted by Crippen LogP contribution is -2.18. The first kappa shape index (κ1) is 14.8. The monoisotopic (exact) mass is 287 g/mol. The zero-order valence-electron chi connectivity index (χ0n) is 12.1. The number of nitrogens with zero attached hydrogens (tertiary/aromatic N) is 1. The van der Waals surface area contributed by atoms with Crippen LogP contribution in [0.5, 0.6) is 5.75 Å². The van der Waals surface area contributed by atoms with E-state index in [0.29, 0.717) is 23.4 Å². The van der Waals surface area contributed by atoms with Crippen LogP contribution in [0.4, 0.5) is 10.1 Å². The summed E-state index contributed by atoms with van der Waals surface area (Å²) in [6.07, 6.45) is 0. The van der Waals surface area contributed by atoms with Crippen LogP contribution in [0.3, 0.4) is 0 Å². The van der Waals surface area contributed by atoms with Gasteiger partial charge >= 0.3 is 0 Å². The quantitative estimate of drug-likeness (QED) is 0.656. The van der Waals surface area contributed by atoms with Gasteiger partial charge in [-0.15, -0.1) is 0 Å². The van der Waals surface area contributed by atoms with Gasteiger partial charge in [0, 0.05) is 36.5 Å². The van der Waals surface area contributed by atoms with Gasteiger partial charge in [0.2, 0.25) is 0 Å². The van der Waals surface area contributed by atoms with Crippen molar-refractivity contribution in [2.45, 2.75) is 6.54 Å². The third kappa shape index (κ3) is 3.51. The summed E-state index contributed by atoms with van der Waals surface area (Å²) in [7, 11) is 3.37. The van der Waals surface area contributed by atoms with E-state index in [9.17, 15) is 4.39 Å². The molecule has 2 rings (SSSR count). The summed E-state index contributed by atoms with van der Waals surface area (Å²) >= 11 is 0. The van der Waals surface area contributed by atoms with Crippen molar-refractivity contribution in [3.8, 4) is 5.75 Å². The Morgan fingerprint density at radius 1 is 1.29 bits per heavy atom. The maximum atomic E-state index is 14.0. The number of methoxy groups -OCH3 is 1. The van der Waals surface area contributed by atoms with E-state index >= 15 is 0 Å². The number of benzene rings is 2. The van der Waals surface area contributed by atoms with Gasteiger partial charge in [0.15, 0.2) is 0 Å². The van der Waals surface area contributed by atoms with E-state index in [1.165, 1.54) is 13.2 Å². The highest BCUT2D eigenvalue weighted by molar-refractivity contribution is 5.95. The van der Waals surface area contributed by atoms with Gasteiger partial charge in [0.25, 0.3) is 0 Å². The molecule has 0 heterocycles. The third-order valence-corrected chi connectivity index (χ3v) is 3.27. The molecule has 0 spiro atoms. The molecule has 0 unspecified atom stereocenters. The van der Waals surface area contributed by atoms with Crippen LogP contribution in [-0.2, 0) is 6.54 Å². The summed E-state index contributed by atoms with van der Waals surface area (Å²) in [5.41, 5.74) is 7.58. The number of hydrogen-bond acceptors (Lipinski definition) is 3. The fourth-order valence-corrected chi connectivity index (χ4v) is 2.04. The van der Waals surface area contributed by atoms with Crippen molar-refractivity contribution in [2.75, 3.05) is 19.1 Å². The van der Waals surface area contributed by atoms with Gasteiger partial charge in [-0.3, -0.25) is 5.41 Å². The van der Waals surface area contributed by atoms with Crippen molar-refractivity contribution in [1.82, 2.24) is 0 Å². The van der Waals surface area contributed by atoms with E-state index in [1.807, 2.05) is 30.1 Å². The van der Waals surface area contributed by atoms with Crippen LogP contribution in [0.25, 0.3) is 0 Å². The zero-order valence-corrected chi connectivity index (χ0v) is 12.1. The predicted molar refractivity (Wildman–Crippen MR) is 82.5 cm³/mol. The predicted octanol–water partition coefficient (Wildman–Crippen LogP) is 2.75. The first-order valence-electron chi connectivity index (χ1n) is 6.49. The third-order valence-electron chi connectivity index (χ3n) is 3.27. The molecule has 0 amide bonds. The SMILES string of the molecule is COc1ccc(CN(C)c2cccc(C(=N)N)c2)c(F)c1. The Hall–Kier alpha value is -2.56. The molecule has 21 heavy (non-hydrogen) atoms. The number of halogens is 1. The Bertz CT molecular complexity index is 658. The van der Waals surface area contributed by atoms with Crippen LogP contribution in [0.1, 0.15) is 11.1 Å². The van der Waals surface area contributed by atoms with Gasteiger partial charge in [-0.05, 0) is 18.2 Å².